The second-order valence-corrected chi connectivity index (χ2v) is 5.30. The van der Waals surface area contributed by atoms with E-state index < -0.39 is 12.1 Å². The Labute approximate surface area is 102 Å². The van der Waals surface area contributed by atoms with Gasteiger partial charge in [0.15, 0.2) is 0 Å². The SMILES string of the molecule is O=C(O)CC(O)CN1CCN(CC2CC2)CC1. The Kier molecular flexibility index (Phi) is 4.36. The number of carboxylic acid groups (broad SMARTS) is 1. The lowest BCUT2D eigenvalue weighted by atomic mass is 10.2. The first-order valence-corrected chi connectivity index (χ1v) is 6.48. The number of nitrogens with zero attached hydrogens (tertiary/aromatic N) is 2. The number of aliphatic hydroxyl groups excluding tert-OH is 1. The number of rotatable bonds is 6. The smallest absolute Gasteiger partial charge is 0.306 e. The molecule has 2 aliphatic rings. The van der Waals surface area contributed by atoms with E-state index in [-0.39, 0.29) is 6.42 Å². The highest BCUT2D eigenvalue weighted by atomic mass is 16.4. The molecular formula is C12H22N2O3. The highest BCUT2D eigenvalue weighted by molar-refractivity contribution is 5.67. The van der Waals surface area contributed by atoms with Crippen LogP contribution in [0.2, 0.25) is 0 Å². The molecule has 0 bridgehead atoms. The van der Waals surface area contributed by atoms with Crippen LogP contribution in [0.5, 0.6) is 0 Å². The Morgan fingerprint density at radius 1 is 1.18 bits per heavy atom. The standard InChI is InChI=1S/C12H22N2O3/c15-11(7-12(16)17)9-14-5-3-13(4-6-14)8-10-1-2-10/h10-11,15H,1-9H2,(H,16,17). The summed E-state index contributed by atoms with van der Waals surface area (Å²) in [6, 6.07) is 0. The van der Waals surface area contributed by atoms with E-state index in [0.29, 0.717) is 6.54 Å². The minimum absolute atomic E-state index is 0.151. The van der Waals surface area contributed by atoms with Crippen molar-refractivity contribution in [1.29, 1.82) is 0 Å². The number of carboxylic acids is 1. The molecular weight excluding hydrogens is 220 g/mol. The van der Waals surface area contributed by atoms with Crippen molar-refractivity contribution >= 4 is 5.97 Å². The summed E-state index contributed by atoms with van der Waals surface area (Å²) in [5.74, 6) is 0.00372. The van der Waals surface area contributed by atoms with Gasteiger partial charge in [0.2, 0.25) is 0 Å². The topological polar surface area (TPSA) is 64.0 Å². The van der Waals surface area contributed by atoms with Crippen LogP contribution in [0.15, 0.2) is 0 Å². The van der Waals surface area contributed by atoms with E-state index in [1.807, 2.05) is 0 Å². The molecule has 5 nitrogen and oxygen atoms in total. The molecule has 0 aromatic rings. The summed E-state index contributed by atoms with van der Waals surface area (Å²) in [5.41, 5.74) is 0. The maximum atomic E-state index is 10.4. The minimum Gasteiger partial charge on any atom is -0.481 e. The van der Waals surface area contributed by atoms with Crippen LogP contribution in [0.4, 0.5) is 0 Å². The lowest BCUT2D eigenvalue weighted by molar-refractivity contribution is -0.139. The maximum Gasteiger partial charge on any atom is 0.306 e. The average molecular weight is 242 g/mol. The van der Waals surface area contributed by atoms with Crippen molar-refractivity contribution in [1.82, 2.24) is 9.80 Å². The fourth-order valence-electron chi connectivity index (χ4n) is 2.38. The molecule has 0 aromatic heterocycles. The number of aliphatic carboxylic acids is 1. The molecule has 0 radical (unpaired) electrons. The second-order valence-electron chi connectivity index (χ2n) is 5.30. The number of carbonyl (C=O) groups is 1. The number of β-amino-alcohol motifs (C(OH)–C–C–N with tert-alkyl or cyclic N) is 1. The van der Waals surface area contributed by atoms with Gasteiger partial charge >= 0.3 is 5.97 Å². The van der Waals surface area contributed by atoms with E-state index in [1.54, 1.807) is 0 Å². The van der Waals surface area contributed by atoms with Crippen molar-refractivity contribution in [2.45, 2.75) is 25.4 Å². The van der Waals surface area contributed by atoms with Crippen LogP contribution in [0.25, 0.3) is 0 Å². The van der Waals surface area contributed by atoms with Crippen molar-refractivity contribution in [2.24, 2.45) is 5.92 Å². The zero-order valence-electron chi connectivity index (χ0n) is 10.2. The zero-order chi connectivity index (χ0) is 12.3. The molecule has 1 aliphatic heterocycles. The summed E-state index contributed by atoms with van der Waals surface area (Å²) >= 11 is 0. The quantitative estimate of drug-likeness (QED) is 0.678. The minimum atomic E-state index is -0.926. The summed E-state index contributed by atoms with van der Waals surface area (Å²) in [6.07, 6.45) is 1.89. The normalized spacial score (nSPS) is 24.8. The Morgan fingerprint density at radius 3 is 2.29 bits per heavy atom. The Balaban J connectivity index is 1.62. The molecule has 98 valence electrons. The van der Waals surface area contributed by atoms with Gasteiger partial charge in [-0.15, -0.1) is 0 Å². The van der Waals surface area contributed by atoms with Gasteiger partial charge in [-0.25, -0.2) is 0 Å². The van der Waals surface area contributed by atoms with Crippen LogP contribution in [0.3, 0.4) is 0 Å². The second kappa shape index (κ2) is 5.80. The van der Waals surface area contributed by atoms with Crippen LogP contribution < -0.4 is 0 Å². The molecule has 0 spiro atoms. The molecule has 0 amide bonds. The lowest BCUT2D eigenvalue weighted by Gasteiger charge is -2.35. The molecule has 1 heterocycles. The zero-order valence-corrected chi connectivity index (χ0v) is 10.2. The van der Waals surface area contributed by atoms with Gasteiger partial charge in [-0.2, -0.15) is 0 Å². The molecule has 5 heteroatoms. The third-order valence-corrected chi connectivity index (χ3v) is 3.56. The van der Waals surface area contributed by atoms with Gasteiger partial charge in [-0.05, 0) is 18.8 Å². The fourth-order valence-corrected chi connectivity index (χ4v) is 2.38. The third kappa shape index (κ3) is 4.61. The molecule has 1 unspecified atom stereocenters. The summed E-state index contributed by atoms with van der Waals surface area (Å²) < 4.78 is 0. The molecule has 2 N–H and O–H groups in total. The van der Waals surface area contributed by atoms with Crippen LogP contribution in [-0.2, 0) is 4.79 Å². The molecule has 1 saturated carbocycles. The van der Waals surface area contributed by atoms with Crippen molar-refractivity contribution in [3.05, 3.63) is 0 Å². The van der Waals surface area contributed by atoms with Gasteiger partial charge in [0.1, 0.15) is 0 Å². The molecule has 1 atom stereocenters. The predicted octanol–water partition coefficient (Wildman–Crippen LogP) is -0.150. The van der Waals surface area contributed by atoms with Gasteiger partial charge in [-0.3, -0.25) is 9.69 Å². The Bertz CT molecular complexity index is 260. The molecule has 2 rings (SSSR count). The molecule has 17 heavy (non-hydrogen) atoms. The first-order valence-electron chi connectivity index (χ1n) is 6.48. The highest BCUT2D eigenvalue weighted by Gasteiger charge is 2.26. The molecule has 2 fully saturated rings. The number of hydrogen-bond acceptors (Lipinski definition) is 4. The van der Waals surface area contributed by atoms with Crippen molar-refractivity contribution in [2.75, 3.05) is 39.3 Å². The van der Waals surface area contributed by atoms with Crippen LogP contribution in [0.1, 0.15) is 19.3 Å². The predicted molar refractivity (Wildman–Crippen MR) is 63.9 cm³/mol. The maximum absolute atomic E-state index is 10.4. The highest BCUT2D eigenvalue weighted by Crippen LogP contribution is 2.29. The van der Waals surface area contributed by atoms with E-state index in [2.05, 4.69) is 9.80 Å². The van der Waals surface area contributed by atoms with Crippen LogP contribution in [0, 0.1) is 5.92 Å². The van der Waals surface area contributed by atoms with Gasteiger partial charge in [0.05, 0.1) is 12.5 Å². The number of piperazine rings is 1. The van der Waals surface area contributed by atoms with E-state index in [0.717, 1.165) is 32.1 Å². The number of hydrogen-bond donors (Lipinski definition) is 2. The summed E-state index contributed by atoms with van der Waals surface area (Å²) in [4.78, 5) is 15.1. The van der Waals surface area contributed by atoms with E-state index in [9.17, 15) is 9.90 Å². The fraction of sp³-hybridized carbons (Fsp3) is 0.917. The Morgan fingerprint density at radius 2 is 1.76 bits per heavy atom. The van der Waals surface area contributed by atoms with E-state index in [1.165, 1.54) is 19.4 Å². The summed E-state index contributed by atoms with van der Waals surface area (Å²) in [7, 11) is 0. The van der Waals surface area contributed by atoms with E-state index >= 15 is 0 Å². The van der Waals surface area contributed by atoms with E-state index in [4.69, 9.17) is 5.11 Å². The first-order chi connectivity index (χ1) is 8.13. The van der Waals surface area contributed by atoms with Crippen LogP contribution in [-0.4, -0.2) is 71.4 Å². The van der Waals surface area contributed by atoms with Crippen LogP contribution >= 0.6 is 0 Å². The van der Waals surface area contributed by atoms with Gasteiger partial charge in [0.25, 0.3) is 0 Å². The van der Waals surface area contributed by atoms with Crippen molar-refractivity contribution in [3.8, 4) is 0 Å². The average Bonchev–Trinajstić information content (AvgIpc) is 3.03. The van der Waals surface area contributed by atoms with Gasteiger partial charge in [0, 0.05) is 39.3 Å². The first kappa shape index (κ1) is 12.8. The van der Waals surface area contributed by atoms with Crippen molar-refractivity contribution < 1.29 is 15.0 Å². The van der Waals surface area contributed by atoms with Gasteiger partial charge < -0.3 is 15.1 Å². The number of aliphatic hydroxyl groups is 1. The summed E-state index contributed by atoms with van der Waals surface area (Å²) in [6.45, 7) is 5.72. The Hall–Kier alpha value is -0.650. The molecule has 0 aromatic carbocycles. The molecule has 1 saturated heterocycles. The molecule has 1 aliphatic carbocycles. The lowest BCUT2D eigenvalue weighted by Crippen LogP contribution is -2.49. The monoisotopic (exact) mass is 242 g/mol. The largest absolute Gasteiger partial charge is 0.481 e. The summed E-state index contributed by atoms with van der Waals surface area (Å²) in [5, 5.41) is 18.1. The third-order valence-electron chi connectivity index (χ3n) is 3.56. The van der Waals surface area contributed by atoms with Crippen molar-refractivity contribution in [3.63, 3.8) is 0 Å². The van der Waals surface area contributed by atoms with Gasteiger partial charge in [-0.1, -0.05) is 0 Å².